The largest absolute Gasteiger partial charge is 0.298 e. The molecule has 0 aliphatic carbocycles. The summed E-state index contributed by atoms with van der Waals surface area (Å²) in [6.45, 7) is 16.7. The lowest BCUT2D eigenvalue weighted by atomic mass is 9.86. The Morgan fingerprint density at radius 3 is 1.89 bits per heavy atom. The van der Waals surface area contributed by atoms with Gasteiger partial charge < -0.3 is 0 Å². The second-order valence-corrected chi connectivity index (χ2v) is 8.41. The Hall–Kier alpha value is -0.0400. The molecule has 0 saturated carbocycles. The predicted octanol–water partition coefficient (Wildman–Crippen LogP) is 5.10. The zero-order valence-corrected chi connectivity index (χ0v) is 13.7. The van der Waals surface area contributed by atoms with Gasteiger partial charge in [-0.05, 0) is 64.5 Å². The van der Waals surface area contributed by atoms with Crippen molar-refractivity contribution < 1.29 is 0 Å². The Balaban J connectivity index is 2.13. The zero-order chi connectivity index (χ0) is 13.8. The summed E-state index contributed by atoms with van der Waals surface area (Å²) in [5, 5.41) is 0. The monoisotopic (exact) mass is 253 g/mol. The summed E-state index contributed by atoms with van der Waals surface area (Å²) in [5.41, 5.74) is 0.896. The molecule has 1 aliphatic rings. The predicted molar refractivity (Wildman–Crippen MR) is 82.0 cm³/mol. The van der Waals surface area contributed by atoms with E-state index in [-0.39, 0.29) is 0 Å². The van der Waals surface area contributed by atoms with E-state index in [4.69, 9.17) is 0 Å². The molecular weight excluding hydrogens is 218 g/mol. The minimum absolute atomic E-state index is 0.372. The van der Waals surface area contributed by atoms with Crippen LogP contribution in [0.3, 0.4) is 0 Å². The van der Waals surface area contributed by atoms with Gasteiger partial charge in [-0.15, -0.1) is 0 Å². The van der Waals surface area contributed by atoms with Crippen LogP contribution in [0.15, 0.2) is 0 Å². The molecule has 0 atom stereocenters. The second-order valence-electron chi connectivity index (χ2n) is 8.41. The maximum absolute atomic E-state index is 2.65. The summed E-state index contributed by atoms with van der Waals surface area (Å²) in [5.74, 6) is 1.00. The molecule has 1 aliphatic heterocycles. The molecule has 108 valence electrons. The van der Waals surface area contributed by atoms with E-state index in [1.807, 2.05) is 0 Å². The van der Waals surface area contributed by atoms with Gasteiger partial charge in [0.15, 0.2) is 0 Å². The van der Waals surface area contributed by atoms with Crippen molar-refractivity contribution in [2.24, 2.45) is 11.3 Å². The Morgan fingerprint density at radius 2 is 1.44 bits per heavy atom. The Kier molecular flexibility index (Phi) is 5.70. The quantitative estimate of drug-likeness (QED) is 0.630. The van der Waals surface area contributed by atoms with Gasteiger partial charge in [0.2, 0.25) is 0 Å². The van der Waals surface area contributed by atoms with Gasteiger partial charge in [0, 0.05) is 5.54 Å². The fourth-order valence-electron chi connectivity index (χ4n) is 2.98. The van der Waals surface area contributed by atoms with Gasteiger partial charge in [-0.2, -0.15) is 0 Å². The molecule has 1 heteroatoms. The van der Waals surface area contributed by atoms with Crippen LogP contribution in [-0.4, -0.2) is 23.5 Å². The minimum Gasteiger partial charge on any atom is -0.298 e. The van der Waals surface area contributed by atoms with Gasteiger partial charge in [0.1, 0.15) is 0 Å². The molecule has 18 heavy (non-hydrogen) atoms. The third kappa shape index (κ3) is 6.22. The lowest BCUT2D eigenvalue weighted by Crippen LogP contribution is -2.46. The van der Waals surface area contributed by atoms with Crippen molar-refractivity contribution >= 4 is 0 Å². The maximum atomic E-state index is 2.65. The normalized spacial score (nSPS) is 20.3. The minimum atomic E-state index is 0.372. The van der Waals surface area contributed by atoms with E-state index in [0.29, 0.717) is 11.0 Å². The van der Waals surface area contributed by atoms with Crippen LogP contribution in [0.5, 0.6) is 0 Å². The van der Waals surface area contributed by atoms with Crippen molar-refractivity contribution in [3.8, 4) is 0 Å². The second kappa shape index (κ2) is 6.41. The number of likely N-dealkylation sites (tertiary alicyclic amines) is 1. The average Bonchev–Trinajstić information content (AvgIpc) is 2.22. The van der Waals surface area contributed by atoms with Crippen molar-refractivity contribution in [1.29, 1.82) is 0 Å². The van der Waals surface area contributed by atoms with Gasteiger partial charge in [-0.1, -0.05) is 40.0 Å². The molecular formula is C17H35N. The summed E-state index contributed by atoms with van der Waals surface area (Å²) in [6.07, 6.45) is 8.56. The molecule has 0 aromatic rings. The van der Waals surface area contributed by atoms with E-state index in [9.17, 15) is 0 Å². The van der Waals surface area contributed by atoms with Gasteiger partial charge in [-0.25, -0.2) is 0 Å². The van der Waals surface area contributed by atoms with Crippen molar-refractivity contribution in [3.05, 3.63) is 0 Å². The highest BCUT2D eigenvalue weighted by Crippen LogP contribution is 2.28. The molecule has 0 amide bonds. The van der Waals surface area contributed by atoms with Gasteiger partial charge in [0.05, 0.1) is 0 Å². The molecule has 0 aromatic carbocycles. The van der Waals surface area contributed by atoms with E-state index in [2.05, 4.69) is 46.4 Å². The number of piperidine rings is 1. The highest BCUT2D eigenvalue weighted by atomic mass is 15.2. The van der Waals surface area contributed by atoms with Crippen LogP contribution < -0.4 is 0 Å². The number of rotatable bonds is 4. The van der Waals surface area contributed by atoms with Crippen LogP contribution in [0.1, 0.15) is 80.1 Å². The first-order chi connectivity index (χ1) is 8.18. The molecule has 0 aromatic heterocycles. The van der Waals surface area contributed by atoms with E-state index >= 15 is 0 Å². The summed E-state index contributed by atoms with van der Waals surface area (Å²) >= 11 is 0. The summed E-state index contributed by atoms with van der Waals surface area (Å²) < 4.78 is 0. The highest BCUT2D eigenvalue weighted by Gasteiger charge is 2.26. The first-order valence-electron chi connectivity index (χ1n) is 7.93. The molecule has 0 bridgehead atoms. The number of nitrogens with zero attached hydrogens (tertiary/aromatic N) is 1. The van der Waals surface area contributed by atoms with E-state index < -0.39 is 0 Å². The maximum Gasteiger partial charge on any atom is 0.0125 e. The number of unbranched alkanes of at least 4 members (excludes halogenated alkanes) is 1. The molecule has 0 unspecified atom stereocenters. The SMILES string of the molecule is CC(C)(C)CCCCC1CCN(C(C)(C)C)CC1. The molecule has 1 saturated heterocycles. The highest BCUT2D eigenvalue weighted by molar-refractivity contribution is 4.81. The topological polar surface area (TPSA) is 3.24 Å². The van der Waals surface area contributed by atoms with Gasteiger partial charge in [-0.3, -0.25) is 4.90 Å². The molecule has 0 N–H and O–H groups in total. The summed E-state index contributed by atoms with van der Waals surface area (Å²) in [4.78, 5) is 2.65. The summed E-state index contributed by atoms with van der Waals surface area (Å²) in [7, 11) is 0. The Morgan fingerprint density at radius 1 is 0.889 bits per heavy atom. The summed E-state index contributed by atoms with van der Waals surface area (Å²) in [6, 6.07) is 0. The van der Waals surface area contributed by atoms with Crippen LogP contribution in [0, 0.1) is 11.3 Å². The van der Waals surface area contributed by atoms with Crippen LogP contribution in [-0.2, 0) is 0 Å². The number of hydrogen-bond acceptors (Lipinski definition) is 1. The Labute approximate surface area is 115 Å². The molecule has 1 rings (SSSR count). The smallest absolute Gasteiger partial charge is 0.0125 e. The van der Waals surface area contributed by atoms with E-state index in [1.165, 1.54) is 51.6 Å². The molecule has 1 heterocycles. The molecule has 1 fully saturated rings. The van der Waals surface area contributed by atoms with Crippen molar-refractivity contribution in [3.63, 3.8) is 0 Å². The zero-order valence-electron chi connectivity index (χ0n) is 13.7. The number of hydrogen-bond donors (Lipinski definition) is 0. The van der Waals surface area contributed by atoms with Gasteiger partial charge >= 0.3 is 0 Å². The van der Waals surface area contributed by atoms with Crippen LogP contribution in [0.2, 0.25) is 0 Å². The van der Waals surface area contributed by atoms with E-state index in [0.717, 1.165) is 5.92 Å². The molecule has 0 spiro atoms. The van der Waals surface area contributed by atoms with Crippen LogP contribution >= 0.6 is 0 Å². The fourth-order valence-corrected chi connectivity index (χ4v) is 2.98. The first kappa shape index (κ1) is 16.0. The third-order valence-corrected chi connectivity index (χ3v) is 4.35. The first-order valence-corrected chi connectivity index (χ1v) is 7.93. The van der Waals surface area contributed by atoms with Crippen LogP contribution in [0.4, 0.5) is 0 Å². The molecule has 0 radical (unpaired) electrons. The third-order valence-electron chi connectivity index (χ3n) is 4.35. The van der Waals surface area contributed by atoms with Crippen molar-refractivity contribution in [2.75, 3.05) is 13.1 Å². The van der Waals surface area contributed by atoms with Crippen molar-refractivity contribution in [2.45, 2.75) is 85.6 Å². The standard InChI is InChI=1S/C17H35N/c1-16(2,3)12-8-7-9-15-10-13-18(14-11-15)17(4,5)6/h15H,7-14H2,1-6H3. The van der Waals surface area contributed by atoms with E-state index in [1.54, 1.807) is 0 Å². The lowest BCUT2D eigenvalue weighted by molar-refractivity contribution is 0.0844. The lowest BCUT2D eigenvalue weighted by Gasteiger charge is -2.41. The fraction of sp³-hybridized carbons (Fsp3) is 1.00. The van der Waals surface area contributed by atoms with Gasteiger partial charge in [0.25, 0.3) is 0 Å². The Bertz CT molecular complexity index is 223. The van der Waals surface area contributed by atoms with Crippen molar-refractivity contribution in [1.82, 2.24) is 4.90 Å². The average molecular weight is 253 g/mol. The van der Waals surface area contributed by atoms with Crippen LogP contribution in [0.25, 0.3) is 0 Å². The molecule has 1 nitrogen and oxygen atoms in total.